The average Bonchev–Trinajstić information content (AvgIpc) is 2.69. The zero-order valence-corrected chi connectivity index (χ0v) is 11.3. The maximum Gasteiger partial charge on any atom is 0.329 e. The highest BCUT2D eigenvalue weighted by Crippen LogP contribution is 2.21. The monoisotopic (exact) mass is 271 g/mol. The molecule has 0 atom stereocenters. The maximum absolute atomic E-state index is 11.8. The second-order valence-electron chi connectivity index (χ2n) is 3.75. The zero-order chi connectivity index (χ0) is 13.5. The first kappa shape index (κ1) is 14.7. The summed E-state index contributed by atoms with van der Waals surface area (Å²) in [4.78, 5) is 23.8. The third-order valence-electron chi connectivity index (χ3n) is 2.38. The molecule has 0 aliphatic rings. The summed E-state index contributed by atoms with van der Waals surface area (Å²) < 4.78 is 4.82. The van der Waals surface area contributed by atoms with Crippen LogP contribution in [0, 0.1) is 6.92 Å². The van der Waals surface area contributed by atoms with E-state index < -0.39 is 5.97 Å². The number of hydrogen-bond acceptors (Lipinski definition) is 4. The first-order valence-electron chi connectivity index (χ1n) is 5.71. The molecule has 0 saturated carbocycles. The molecule has 0 bridgehead atoms. The highest BCUT2D eigenvalue weighted by molar-refractivity contribution is 7.14. The normalized spacial score (nSPS) is 10.3. The van der Waals surface area contributed by atoms with Gasteiger partial charge in [0.2, 0.25) is 0 Å². The van der Waals surface area contributed by atoms with Crippen molar-refractivity contribution in [2.75, 3.05) is 19.8 Å². The Morgan fingerprint density at radius 3 is 2.78 bits per heavy atom. The van der Waals surface area contributed by atoms with Gasteiger partial charge in [0, 0.05) is 11.4 Å². The lowest BCUT2D eigenvalue weighted by Gasteiger charge is -2.03. The van der Waals surface area contributed by atoms with Crippen LogP contribution in [0.2, 0.25) is 0 Å². The van der Waals surface area contributed by atoms with Gasteiger partial charge >= 0.3 is 5.97 Å². The van der Waals surface area contributed by atoms with E-state index >= 15 is 0 Å². The molecule has 0 unspecified atom stereocenters. The Bertz CT molecular complexity index is 428. The van der Waals surface area contributed by atoms with E-state index in [9.17, 15) is 9.59 Å². The van der Waals surface area contributed by atoms with Crippen molar-refractivity contribution in [2.24, 2.45) is 0 Å². The van der Waals surface area contributed by atoms with Gasteiger partial charge in [-0.3, -0.25) is 4.79 Å². The molecule has 100 valence electrons. The summed E-state index contributed by atoms with van der Waals surface area (Å²) in [5.41, 5.74) is 1.19. The zero-order valence-electron chi connectivity index (χ0n) is 10.5. The van der Waals surface area contributed by atoms with Gasteiger partial charge in [0.25, 0.3) is 5.91 Å². The van der Waals surface area contributed by atoms with Gasteiger partial charge in [0.15, 0.2) is 0 Å². The van der Waals surface area contributed by atoms with Crippen molar-refractivity contribution in [3.05, 3.63) is 21.4 Å². The molecule has 5 nitrogen and oxygen atoms in total. The number of nitrogens with one attached hydrogen (secondary N) is 1. The van der Waals surface area contributed by atoms with Gasteiger partial charge in [0.1, 0.15) is 6.61 Å². The first-order chi connectivity index (χ1) is 8.54. The van der Waals surface area contributed by atoms with Crippen molar-refractivity contribution in [1.82, 2.24) is 5.32 Å². The molecule has 18 heavy (non-hydrogen) atoms. The van der Waals surface area contributed by atoms with Crippen LogP contribution >= 0.6 is 11.3 Å². The number of carbonyl (C=O) groups excluding carboxylic acids is 1. The van der Waals surface area contributed by atoms with Crippen LogP contribution in [0.5, 0.6) is 0 Å². The molecule has 2 N–H and O–H groups in total. The maximum atomic E-state index is 11.8. The number of aryl methyl sites for hydroxylation is 2. The van der Waals surface area contributed by atoms with Crippen LogP contribution in [0.15, 0.2) is 6.07 Å². The fourth-order valence-electron chi connectivity index (χ4n) is 1.47. The molecule has 0 aliphatic carbocycles. The predicted molar refractivity (Wildman–Crippen MR) is 69.2 cm³/mol. The van der Waals surface area contributed by atoms with E-state index in [0.717, 1.165) is 11.3 Å². The van der Waals surface area contributed by atoms with Crippen molar-refractivity contribution >= 4 is 23.2 Å². The topological polar surface area (TPSA) is 75.6 Å². The van der Waals surface area contributed by atoms with Crippen molar-refractivity contribution in [3.63, 3.8) is 0 Å². The van der Waals surface area contributed by atoms with E-state index in [1.54, 1.807) is 0 Å². The Labute approximate surface area is 110 Å². The lowest BCUT2D eigenvalue weighted by molar-refractivity contribution is -0.142. The minimum atomic E-state index is -1.01. The number of hydrogen-bond donors (Lipinski definition) is 2. The Kier molecular flexibility index (Phi) is 5.80. The third-order valence-corrected chi connectivity index (χ3v) is 3.47. The van der Waals surface area contributed by atoms with Crippen LogP contribution in [0.3, 0.4) is 0 Å². The smallest absolute Gasteiger partial charge is 0.329 e. The van der Waals surface area contributed by atoms with Gasteiger partial charge in [0.05, 0.1) is 11.5 Å². The molecule has 1 heterocycles. The Morgan fingerprint density at radius 2 is 2.22 bits per heavy atom. The van der Waals surface area contributed by atoms with Crippen molar-refractivity contribution in [3.8, 4) is 0 Å². The summed E-state index contributed by atoms with van der Waals surface area (Å²) in [6.07, 6.45) is 0.914. The number of carboxylic acids is 1. The minimum absolute atomic E-state index is 0.137. The van der Waals surface area contributed by atoms with Gasteiger partial charge in [-0.2, -0.15) is 0 Å². The van der Waals surface area contributed by atoms with Crippen LogP contribution in [0.4, 0.5) is 0 Å². The van der Waals surface area contributed by atoms with E-state index in [4.69, 9.17) is 9.84 Å². The van der Waals surface area contributed by atoms with Crippen LogP contribution in [-0.4, -0.2) is 36.7 Å². The molecule has 0 saturated heterocycles. The lowest BCUT2D eigenvalue weighted by Crippen LogP contribution is -2.27. The standard InChI is InChI=1S/C12H17NO4S/c1-3-9-6-10(18-8(9)2)12(16)13-4-5-17-7-11(14)15/h6H,3-5,7H2,1-2H3,(H,13,16)(H,14,15). The number of rotatable bonds is 7. The summed E-state index contributed by atoms with van der Waals surface area (Å²) in [6.45, 7) is 4.22. The van der Waals surface area contributed by atoms with Gasteiger partial charge in [-0.05, 0) is 25.0 Å². The third kappa shape index (κ3) is 4.46. The SMILES string of the molecule is CCc1cc(C(=O)NCCOCC(=O)O)sc1C. The Hall–Kier alpha value is -1.40. The van der Waals surface area contributed by atoms with E-state index in [1.807, 2.05) is 13.0 Å². The van der Waals surface area contributed by atoms with Crippen LogP contribution in [0.25, 0.3) is 0 Å². The molecule has 0 aliphatic heterocycles. The highest BCUT2D eigenvalue weighted by Gasteiger charge is 2.10. The summed E-state index contributed by atoms with van der Waals surface area (Å²) in [5, 5.41) is 11.0. The second kappa shape index (κ2) is 7.13. The number of aliphatic carboxylic acids is 1. The van der Waals surface area contributed by atoms with E-state index in [1.165, 1.54) is 16.9 Å². The average molecular weight is 271 g/mol. The number of amides is 1. The second-order valence-corrected chi connectivity index (χ2v) is 5.00. The van der Waals surface area contributed by atoms with Gasteiger partial charge < -0.3 is 15.2 Å². The van der Waals surface area contributed by atoms with Gasteiger partial charge in [-0.15, -0.1) is 11.3 Å². The summed E-state index contributed by atoms with van der Waals surface area (Å²) >= 11 is 1.47. The highest BCUT2D eigenvalue weighted by atomic mass is 32.1. The van der Waals surface area contributed by atoms with Gasteiger partial charge in [-0.1, -0.05) is 6.92 Å². The number of thiophene rings is 1. The molecule has 0 radical (unpaired) electrons. The molecule has 1 aromatic heterocycles. The summed E-state index contributed by atoms with van der Waals surface area (Å²) in [7, 11) is 0. The lowest BCUT2D eigenvalue weighted by atomic mass is 10.2. The molecule has 0 aromatic carbocycles. The fourth-order valence-corrected chi connectivity index (χ4v) is 2.50. The number of carboxylic acid groups (broad SMARTS) is 1. The fraction of sp³-hybridized carbons (Fsp3) is 0.500. The molecule has 6 heteroatoms. The molecule has 1 rings (SSSR count). The number of carbonyl (C=O) groups is 2. The van der Waals surface area contributed by atoms with E-state index in [2.05, 4.69) is 12.2 Å². The molecule has 1 amide bonds. The van der Waals surface area contributed by atoms with Gasteiger partial charge in [-0.25, -0.2) is 4.79 Å². The summed E-state index contributed by atoms with van der Waals surface area (Å²) in [5.74, 6) is -1.15. The van der Waals surface area contributed by atoms with Crippen molar-refractivity contribution < 1.29 is 19.4 Å². The quantitative estimate of drug-likeness (QED) is 0.736. The largest absolute Gasteiger partial charge is 0.480 e. The molecule has 0 fully saturated rings. The molecular formula is C12H17NO4S. The van der Waals surface area contributed by atoms with Crippen molar-refractivity contribution in [1.29, 1.82) is 0 Å². The molecule has 0 spiro atoms. The van der Waals surface area contributed by atoms with Crippen molar-refractivity contribution in [2.45, 2.75) is 20.3 Å². The molecule has 1 aromatic rings. The Morgan fingerprint density at radius 1 is 1.50 bits per heavy atom. The van der Waals surface area contributed by atoms with Crippen LogP contribution in [0.1, 0.15) is 27.0 Å². The minimum Gasteiger partial charge on any atom is -0.480 e. The Balaban J connectivity index is 2.34. The van der Waals surface area contributed by atoms with E-state index in [0.29, 0.717) is 11.4 Å². The number of ether oxygens (including phenoxy) is 1. The van der Waals surface area contributed by atoms with Crippen LogP contribution in [-0.2, 0) is 16.0 Å². The predicted octanol–water partition coefficient (Wildman–Crippen LogP) is 1.45. The summed E-state index contributed by atoms with van der Waals surface area (Å²) in [6, 6.07) is 1.90. The van der Waals surface area contributed by atoms with E-state index in [-0.39, 0.29) is 19.1 Å². The first-order valence-corrected chi connectivity index (χ1v) is 6.53. The molecular weight excluding hydrogens is 254 g/mol. The van der Waals surface area contributed by atoms with Crippen LogP contribution < -0.4 is 5.32 Å².